The molecule has 2 heterocycles. The molecule has 0 saturated heterocycles. The van der Waals surface area contributed by atoms with Gasteiger partial charge in [-0.15, -0.1) is 24.0 Å². The third-order valence-electron chi connectivity index (χ3n) is 3.96. The number of nitrogens with one attached hydrogen (secondary N) is 2. The van der Waals surface area contributed by atoms with E-state index < -0.39 is 0 Å². The number of hydrogen-bond donors (Lipinski definition) is 2. The third kappa shape index (κ3) is 6.13. The van der Waals surface area contributed by atoms with E-state index >= 15 is 0 Å². The topological polar surface area (TPSA) is 67.4 Å². The van der Waals surface area contributed by atoms with Crippen LogP contribution in [0.5, 0.6) is 0 Å². The first-order valence-electron chi connectivity index (χ1n) is 8.91. The van der Waals surface area contributed by atoms with Gasteiger partial charge < -0.3 is 15.1 Å². The Morgan fingerprint density at radius 2 is 2.00 bits per heavy atom. The van der Waals surface area contributed by atoms with Crippen molar-refractivity contribution in [2.24, 2.45) is 4.99 Å². The van der Waals surface area contributed by atoms with Gasteiger partial charge in [0, 0.05) is 25.7 Å². The number of para-hydroxylation sites is 1. The Morgan fingerprint density at radius 3 is 2.70 bits per heavy atom. The van der Waals surface area contributed by atoms with E-state index in [0.717, 1.165) is 48.2 Å². The van der Waals surface area contributed by atoms with Gasteiger partial charge in [-0.1, -0.05) is 18.2 Å². The molecular weight excluding hydrogens is 453 g/mol. The fourth-order valence-corrected chi connectivity index (χ4v) is 2.68. The van der Waals surface area contributed by atoms with Gasteiger partial charge in [-0.2, -0.15) is 5.10 Å². The average Bonchev–Trinajstić information content (AvgIpc) is 3.32. The Labute approximate surface area is 177 Å². The first-order chi connectivity index (χ1) is 12.8. The van der Waals surface area contributed by atoms with Crippen LogP contribution in [0.25, 0.3) is 5.69 Å². The molecule has 0 radical (unpaired) electrons. The van der Waals surface area contributed by atoms with Crippen molar-refractivity contribution in [1.29, 1.82) is 0 Å². The maximum Gasteiger partial charge on any atom is 0.191 e. The van der Waals surface area contributed by atoms with Gasteiger partial charge in [0.1, 0.15) is 5.76 Å². The molecule has 1 aromatic carbocycles. The van der Waals surface area contributed by atoms with Crippen molar-refractivity contribution >= 4 is 29.9 Å². The molecule has 0 atom stereocenters. The molecule has 0 amide bonds. The predicted octanol–water partition coefficient (Wildman–Crippen LogP) is 3.69. The molecule has 0 aliphatic rings. The molecule has 0 aliphatic heterocycles. The van der Waals surface area contributed by atoms with E-state index in [9.17, 15) is 0 Å². The lowest BCUT2D eigenvalue weighted by Crippen LogP contribution is -2.38. The van der Waals surface area contributed by atoms with E-state index in [1.165, 1.54) is 0 Å². The molecule has 2 aromatic heterocycles. The Bertz CT molecular complexity index is 842. The molecule has 27 heavy (non-hydrogen) atoms. The molecule has 2 N–H and O–H groups in total. The monoisotopic (exact) mass is 479 g/mol. The first kappa shape index (κ1) is 21.0. The molecule has 6 nitrogen and oxygen atoms in total. The first-order valence-corrected chi connectivity index (χ1v) is 8.91. The number of aryl methyl sites for hydroxylation is 1. The third-order valence-corrected chi connectivity index (χ3v) is 3.96. The van der Waals surface area contributed by atoms with Crippen LogP contribution < -0.4 is 10.6 Å². The van der Waals surface area contributed by atoms with Gasteiger partial charge in [-0.05, 0) is 43.7 Å². The normalized spacial score (nSPS) is 11.1. The lowest BCUT2D eigenvalue weighted by Gasteiger charge is -2.12. The van der Waals surface area contributed by atoms with Crippen molar-refractivity contribution in [3.63, 3.8) is 0 Å². The van der Waals surface area contributed by atoms with Gasteiger partial charge in [0.15, 0.2) is 5.96 Å². The number of hydrogen-bond acceptors (Lipinski definition) is 3. The SMILES string of the molecule is CCNC(=NCc1ccccc1-n1ccc(C)n1)NCCc1ccco1.I. The number of benzene rings is 1. The van der Waals surface area contributed by atoms with E-state index in [0.29, 0.717) is 6.54 Å². The van der Waals surface area contributed by atoms with Crippen LogP contribution in [0.3, 0.4) is 0 Å². The lowest BCUT2D eigenvalue weighted by atomic mass is 10.2. The summed E-state index contributed by atoms with van der Waals surface area (Å²) >= 11 is 0. The Kier molecular flexibility index (Phi) is 8.38. The van der Waals surface area contributed by atoms with E-state index in [-0.39, 0.29) is 24.0 Å². The van der Waals surface area contributed by atoms with Gasteiger partial charge in [0.2, 0.25) is 0 Å². The Hall–Kier alpha value is -2.29. The molecule has 0 saturated carbocycles. The summed E-state index contributed by atoms with van der Waals surface area (Å²) in [7, 11) is 0. The van der Waals surface area contributed by atoms with Crippen molar-refractivity contribution in [3.8, 4) is 5.69 Å². The number of halogens is 1. The van der Waals surface area contributed by atoms with Gasteiger partial charge >= 0.3 is 0 Å². The summed E-state index contributed by atoms with van der Waals surface area (Å²) in [4.78, 5) is 4.72. The second kappa shape index (κ2) is 10.8. The smallest absolute Gasteiger partial charge is 0.191 e. The number of guanidine groups is 1. The molecule has 0 fully saturated rings. The second-order valence-electron chi connectivity index (χ2n) is 5.98. The zero-order chi connectivity index (χ0) is 18.2. The number of aromatic nitrogens is 2. The zero-order valence-corrected chi connectivity index (χ0v) is 18.0. The summed E-state index contributed by atoms with van der Waals surface area (Å²) in [6.07, 6.45) is 4.49. The second-order valence-corrected chi connectivity index (χ2v) is 5.98. The maximum absolute atomic E-state index is 5.36. The summed E-state index contributed by atoms with van der Waals surface area (Å²) in [6.45, 7) is 6.20. The van der Waals surface area contributed by atoms with Crippen molar-refractivity contribution < 1.29 is 4.42 Å². The van der Waals surface area contributed by atoms with Crippen molar-refractivity contribution in [2.45, 2.75) is 26.8 Å². The van der Waals surface area contributed by atoms with Gasteiger partial charge in [0.05, 0.1) is 24.2 Å². The van der Waals surface area contributed by atoms with Crippen LogP contribution >= 0.6 is 24.0 Å². The number of rotatable bonds is 7. The van der Waals surface area contributed by atoms with E-state index in [4.69, 9.17) is 9.41 Å². The van der Waals surface area contributed by atoms with E-state index in [2.05, 4.69) is 34.8 Å². The van der Waals surface area contributed by atoms with Crippen LogP contribution in [0.2, 0.25) is 0 Å². The predicted molar refractivity (Wildman–Crippen MR) is 119 cm³/mol. The number of nitrogens with zero attached hydrogens (tertiary/aromatic N) is 3. The minimum Gasteiger partial charge on any atom is -0.469 e. The Balaban J connectivity index is 0.00000261. The molecule has 0 aliphatic carbocycles. The molecule has 0 spiro atoms. The maximum atomic E-state index is 5.36. The van der Waals surface area contributed by atoms with Crippen LogP contribution in [-0.4, -0.2) is 28.8 Å². The fraction of sp³-hybridized carbons (Fsp3) is 0.300. The fourth-order valence-electron chi connectivity index (χ4n) is 2.68. The average molecular weight is 479 g/mol. The van der Waals surface area contributed by atoms with Crippen molar-refractivity contribution in [2.75, 3.05) is 13.1 Å². The summed E-state index contributed by atoms with van der Waals surface area (Å²) in [5.41, 5.74) is 3.17. The summed E-state index contributed by atoms with van der Waals surface area (Å²) in [5, 5.41) is 11.1. The summed E-state index contributed by atoms with van der Waals surface area (Å²) in [5.74, 6) is 1.76. The van der Waals surface area contributed by atoms with Crippen LogP contribution in [0.15, 0.2) is 64.3 Å². The van der Waals surface area contributed by atoms with Crippen molar-refractivity contribution in [3.05, 3.63) is 71.9 Å². The highest BCUT2D eigenvalue weighted by atomic mass is 127. The molecular formula is C20H26IN5O. The Morgan fingerprint density at radius 1 is 1.15 bits per heavy atom. The summed E-state index contributed by atoms with van der Waals surface area (Å²) in [6, 6.07) is 14.1. The van der Waals surface area contributed by atoms with Crippen LogP contribution in [-0.2, 0) is 13.0 Å². The molecule has 144 valence electrons. The van der Waals surface area contributed by atoms with E-state index in [1.54, 1.807) is 6.26 Å². The van der Waals surface area contributed by atoms with Gasteiger partial charge in [0.25, 0.3) is 0 Å². The molecule has 3 rings (SSSR count). The molecule has 0 unspecified atom stereocenters. The summed E-state index contributed by atoms with van der Waals surface area (Å²) < 4.78 is 7.26. The van der Waals surface area contributed by atoms with Crippen LogP contribution in [0.1, 0.15) is 23.9 Å². The zero-order valence-electron chi connectivity index (χ0n) is 15.7. The number of aliphatic imine (C=N–C) groups is 1. The van der Waals surface area contributed by atoms with E-state index in [1.807, 2.05) is 48.1 Å². The highest BCUT2D eigenvalue weighted by Gasteiger charge is 2.06. The highest BCUT2D eigenvalue weighted by molar-refractivity contribution is 14.0. The lowest BCUT2D eigenvalue weighted by molar-refractivity contribution is 0.507. The molecule has 7 heteroatoms. The van der Waals surface area contributed by atoms with Crippen molar-refractivity contribution in [1.82, 2.24) is 20.4 Å². The highest BCUT2D eigenvalue weighted by Crippen LogP contribution is 2.15. The quantitative estimate of drug-likeness (QED) is 0.308. The van der Waals surface area contributed by atoms with Crippen LogP contribution in [0, 0.1) is 6.92 Å². The van der Waals surface area contributed by atoms with Gasteiger partial charge in [-0.25, -0.2) is 9.67 Å². The van der Waals surface area contributed by atoms with Gasteiger partial charge in [-0.3, -0.25) is 0 Å². The van der Waals surface area contributed by atoms with Crippen LogP contribution in [0.4, 0.5) is 0 Å². The molecule has 0 bridgehead atoms. The minimum atomic E-state index is 0. The largest absolute Gasteiger partial charge is 0.469 e. The standard InChI is InChI=1S/C20H25N5O.HI/c1-3-21-20(22-12-10-18-8-6-14-26-18)23-15-17-7-4-5-9-19(17)25-13-11-16(2)24-25;/h4-9,11,13-14H,3,10,12,15H2,1-2H3,(H2,21,22,23);1H. The minimum absolute atomic E-state index is 0. The molecule has 3 aromatic rings. The number of furan rings is 1.